The molecule has 2 aromatic rings. The van der Waals surface area contributed by atoms with E-state index in [1.165, 1.54) is 10.9 Å². The molecule has 0 bridgehead atoms. The first-order chi connectivity index (χ1) is 12.7. The van der Waals surface area contributed by atoms with Gasteiger partial charge in [0.05, 0.1) is 19.4 Å². The van der Waals surface area contributed by atoms with E-state index >= 15 is 0 Å². The molecule has 2 aliphatic rings. The summed E-state index contributed by atoms with van der Waals surface area (Å²) in [5.74, 6) is -5.06. The maximum Gasteiger partial charge on any atom is 0.194 e. The summed E-state index contributed by atoms with van der Waals surface area (Å²) in [5.41, 5.74) is 0.165. The lowest BCUT2D eigenvalue weighted by atomic mass is 9.96. The molecule has 0 amide bonds. The van der Waals surface area contributed by atoms with Crippen LogP contribution in [-0.2, 0) is 14.2 Å². The van der Waals surface area contributed by atoms with Gasteiger partial charge in [0.25, 0.3) is 0 Å². The van der Waals surface area contributed by atoms with Crippen LogP contribution in [0, 0.1) is 17.5 Å². The molecular formula is C17H18F3N3O4. The summed E-state index contributed by atoms with van der Waals surface area (Å²) in [5, 5.41) is 18.3. The number of ether oxygens (including phenoxy) is 3. The lowest BCUT2D eigenvalue weighted by Crippen LogP contribution is -2.59. The van der Waals surface area contributed by atoms with Crippen LogP contribution in [0.25, 0.3) is 11.3 Å². The van der Waals surface area contributed by atoms with Gasteiger partial charge in [-0.15, -0.1) is 5.10 Å². The molecule has 0 saturated carbocycles. The zero-order valence-electron chi connectivity index (χ0n) is 14.6. The normalized spacial score (nSPS) is 30.1. The molecule has 3 heterocycles. The van der Waals surface area contributed by atoms with Crippen LogP contribution >= 0.6 is 0 Å². The summed E-state index contributed by atoms with van der Waals surface area (Å²) in [6, 6.07) is 1.04. The van der Waals surface area contributed by atoms with Crippen LogP contribution in [0.5, 0.6) is 0 Å². The van der Waals surface area contributed by atoms with Crippen molar-refractivity contribution in [1.29, 1.82) is 0 Å². The van der Waals surface area contributed by atoms with Gasteiger partial charge in [-0.2, -0.15) is 0 Å². The van der Waals surface area contributed by atoms with Crippen molar-refractivity contribution >= 4 is 0 Å². The van der Waals surface area contributed by atoms with Crippen LogP contribution in [-0.4, -0.2) is 57.4 Å². The second-order valence-corrected chi connectivity index (χ2v) is 7.06. The average molecular weight is 385 g/mol. The highest BCUT2D eigenvalue weighted by molar-refractivity contribution is 5.57. The van der Waals surface area contributed by atoms with Crippen molar-refractivity contribution in [1.82, 2.24) is 15.0 Å². The van der Waals surface area contributed by atoms with E-state index in [2.05, 4.69) is 10.3 Å². The molecule has 1 aromatic heterocycles. The summed E-state index contributed by atoms with van der Waals surface area (Å²) >= 11 is 0. The highest BCUT2D eigenvalue weighted by Gasteiger charge is 2.48. The van der Waals surface area contributed by atoms with Crippen LogP contribution in [0.4, 0.5) is 13.2 Å². The largest absolute Gasteiger partial charge is 0.388 e. The second-order valence-electron chi connectivity index (χ2n) is 7.06. The number of nitrogens with zero attached hydrogens (tertiary/aromatic N) is 3. The fraction of sp³-hybridized carbons (Fsp3) is 0.529. The molecule has 2 fully saturated rings. The first-order valence-electron chi connectivity index (χ1n) is 8.43. The van der Waals surface area contributed by atoms with E-state index in [0.29, 0.717) is 0 Å². The first kappa shape index (κ1) is 18.4. The number of rotatable bonds is 2. The van der Waals surface area contributed by atoms with Crippen LogP contribution in [0.3, 0.4) is 0 Å². The fourth-order valence-electron chi connectivity index (χ4n) is 3.37. The Kier molecular flexibility index (Phi) is 4.46. The fourth-order valence-corrected chi connectivity index (χ4v) is 3.37. The predicted molar refractivity (Wildman–Crippen MR) is 85.0 cm³/mol. The van der Waals surface area contributed by atoms with Gasteiger partial charge in [0.1, 0.15) is 30.0 Å². The quantitative estimate of drug-likeness (QED) is 0.795. The summed E-state index contributed by atoms with van der Waals surface area (Å²) < 4.78 is 58.6. The topological polar surface area (TPSA) is 78.6 Å². The Labute approximate surface area is 152 Å². The number of aromatic nitrogens is 3. The molecule has 1 aromatic carbocycles. The van der Waals surface area contributed by atoms with Gasteiger partial charge in [-0.25, -0.2) is 17.9 Å². The van der Waals surface area contributed by atoms with E-state index in [4.69, 9.17) is 14.2 Å². The zero-order chi connectivity index (χ0) is 19.3. The molecule has 4 unspecified atom stereocenters. The van der Waals surface area contributed by atoms with E-state index in [0.717, 1.165) is 12.1 Å². The van der Waals surface area contributed by atoms with Gasteiger partial charge in [0.15, 0.2) is 23.2 Å². The molecule has 10 heteroatoms. The average Bonchev–Trinajstić information content (AvgIpc) is 3.08. The maximum absolute atomic E-state index is 13.5. The Balaban J connectivity index is 1.67. The van der Waals surface area contributed by atoms with Crippen molar-refractivity contribution in [3.63, 3.8) is 0 Å². The minimum atomic E-state index is -1.55. The molecule has 0 aliphatic carbocycles. The van der Waals surface area contributed by atoms with Gasteiger partial charge in [-0.1, -0.05) is 5.21 Å². The highest BCUT2D eigenvalue weighted by Crippen LogP contribution is 2.36. The van der Waals surface area contributed by atoms with Crippen LogP contribution in [0.15, 0.2) is 18.3 Å². The van der Waals surface area contributed by atoms with Gasteiger partial charge in [-0.05, 0) is 26.0 Å². The van der Waals surface area contributed by atoms with Crippen molar-refractivity contribution < 1.29 is 32.5 Å². The Hall–Kier alpha value is -2.01. The van der Waals surface area contributed by atoms with Gasteiger partial charge < -0.3 is 19.3 Å². The summed E-state index contributed by atoms with van der Waals surface area (Å²) in [4.78, 5) is 0. The summed E-state index contributed by atoms with van der Waals surface area (Å²) in [6.07, 6.45) is -0.473. The molecule has 2 saturated heterocycles. The van der Waals surface area contributed by atoms with Crippen LogP contribution in [0.2, 0.25) is 0 Å². The molecule has 146 valence electrons. The molecule has 4 rings (SSSR count). The molecule has 0 radical (unpaired) electrons. The molecule has 0 spiro atoms. The van der Waals surface area contributed by atoms with Crippen molar-refractivity contribution in [3.05, 3.63) is 35.8 Å². The van der Waals surface area contributed by atoms with Crippen LogP contribution < -0.4 is 0 Å². The van der Waals surface area contributed by atoms with Gasteiger partial charge in [-0.3, -0.25) is 0 Å². The second kappa shape index (κ2) is 6.55. The molecule has 4 atom stereocenters. The lowest BCUT2D eigenvalue weighted by Gasteiger charge is -2.47. The Morgan fingerprint density at radius 1 is 1.19 bits per heavy atom. The third-order valence-electron chi connectivity index (χ3n) is 4.69. The zero-order valence-corrected chi connectivity index (χ0v) is 14.6. The van der Waals surface area contributed by atoms with Crippen LogP contribution in [0.1, 0.15) is 19.9 Å². The Morgan fingerprint density at radius 3 is 2.59 bits per heavy atom. The van der Waals surface area contributed by atoms with E-state index < -0.39 is 47.6 Å². The number of halogens is 3. The predicted octanol–water partition coefficient (Wildman–Crippen LogP) is 1.81. The minimum Gasteiger partial charge on any atom is -0.388 e. The summed E-state index contributed by atoms with van der Waals surface area (Å²) in [6.45, 7) is 3.83. The van der Waals surface area contributed by atoms with E-state index in [-0.39, 0.29) is 24.5 Å². The number of hydrogen-bond donors (Lipinski definition) is 1. The standard InChI is InChI=1S/C17H18F3N3O4/c1-17(2)26-7-13-16(27-17)15(12(24)6-25-13)23-5-11(21-22-23)8-3-9(18)14(20)10(19)4-8/h3-5,12-13,15-16,24H,6-7H2,1-2H3. The van der Waals surface area contributed by atoms with E-state index in [9.17, 15) is 18.3 Å². The Bertz CT molecular complexity index is 837. The number of fused-ring (bicyclic) bond motifs is 1. The molecular weight excluding hydrogens is 367 g/mol. The van der Waals surface area contributed by atoms with Gasteiger partial charge >= 0.3 is 0 Å². The number of hydrogen-bond acceptors (Lipinski definition) is 6. The van der Waals surface area contributed by atoms with Crippen molar-refractivity contribution in [2.24, 2.45) is 0 Å². The smallest absolute Gasteiger partial charge is 0.194 e. The monoisotopic (exact) mass is 385 g/mol. The third-order valence-corrected chi connectivity index (χ3v) is 4.69. The SMILES string of the molecule is CC1(C)OCC2OCC(O)C(n3cc(-c4cc(F)c(F)c(F)c4)nn3)C2O1. The van der Waals surface area contributed by atoms with E-state index in [1.54, 1.807) is 13.8 Å². The van der Waals surface area contributed by atoms with Crippen molar-refractivity contribution in [2.75, 3.05) is 13.2 Å². The number of benzene rings is 1. The number of aliphatic hydroxyl groups excluding tert-OH is 1. The van der Waals surface area contributed by atoms with Gasteiger partial charge in [0, 0.05) is 5.56 Å². The van der Waals surface area contributed by atoms with Crippen molar-refractivity contribution in [2.45, 2.75) is 44.0 Å². The molecule has 7 nitrogen and oxygen atoms in total. The molecule has 1 N–H and O–H groups in total. The molecule has 2 aliphatic heterocycles. The highest BCUT2D eigenvalue weighted by atomic mass is 19.2. The number of aliphatic hydroxyl groups is 1. The molecule has 27 heavy (non-hydrogen) atoms. The Morgan fingerprint density at radius 2 is 1.89 bits per heavy atom. The summed E-state index contributed by atoms with van der Waals surface area (Å²) in [7, 11) is 0. The van der Waals surface area contributed by atoms with Gasteiger partial charge in [0.2, 0.25) is 0 Å². The maximum atomic E-state index is 13.5. The third kappa shape index (κ3) is 3.33. The minimum absolute atomic E-state index is 0.0315. The lowest BCUT2D eigenvalue weighted by molar-refractivity contribution is -0.337. The van der Waals surface area contributed by atoms with Crippen molar-refractivity contribution in [3.8, 4) is 11.3 Å². The first-order valence-corrected chi connectivity index (χ1v) is 8.43. The van der Waals surface area contributed by atoms with E-state index in [1.807, 2.05) is 0 Å².